The zero-order valence-electron chi connectivity index (χ0n) is 9.73. The van der Waals surface area contributed by atoms with E-state index in [1.807, 2.05) is 0 Å². The number of hydrogen-bond donors (Lipinski definition) is 1. The molecule has 0 unspecified atom stereocenters. The minimum absolute atomic E-state index is 0.453. The van der Waals surface area contributed by atoms with Crippen LogP contribution in [0.5, 0.6) is 0 Å². The standard InChI is InChI=1S/C11H17F2NO3/c1-14(6-9(12)13)10(15)7-4-2-3-5-8(7)11(16)17/h7-9H,2-6H2,1H3,(H,16,17)/t7-,8+/m1/s1. The van der Waals surface area contributed by atoms with Gasteiger partial charge in [-0.15, -0.1) is 0 Å². The molecule has 1 aliphatic carbocycles. The summed E-state index contributed by atoms with van der Waals surface area (Å²) in [4.78, 5) is 23.8. The molecular weight excluding hydrogens is 232 g/mol. The second-order valence-electron chi connectivity index (χ2n) is 4.45. The number of alkyl halides is 2. The van der Waals surface area contributed by atoms with E-state index in [4.69, 9.17) is 5.11 Å². The highest BCUT2D eigenvalue weighted by Gasteiger charge is 2.37. The monoisotopic (exact) mass is 249 g/mol. The summed E-state index contributed by atoms with van der Waals surface area (Å²) in [5.41, 5.74) is 0. The van der Waals surface area contributed by atoms with E-state index < -0.39 is 36.7 Å². The van der Waals surface area contributed by atoms with Crippen LogP contribution in [0.2, 0.25) is 0 Å². The average Bonchev–Trinajstić information content (AvgIpc) is 2.27. The number of hydrogen-bond acceptors (Lipinski definition) is 2. The number of rotatable bonds is 4. The first-order chi connectivity index (χ1) is 7.93. The second kappa shape index (κ2) is 5.93. The largest absolute Gasteiger partial charge is 0.481 e. The van der Waals surface area contributed by atoms with Crippen LogP contribution >= 0.6 is 0 Å². The van der Waals surface area contributed by atoms with Gasteiger partial charge in [0.25, 0.3) is 6.43 Å². The Morgan fingerprint density at radius 1 is 1.29 bits per heavy atom. The van der Waals surface area contributed by atoms with E-state index in [-0.39, 0.29) is 0 Å². The summed E-state index contributed by atoms with van der Waals surface area (Å²) in [5, 5.41) is 9.00. The molecule has 0 spiro atoms. The lowest BCUT2D eigenvalue weighted by atomic mass is 9.78. The van der Waals surface area contributed by atoms with Crippen LogP contribution in [0.1, 0.15) is 25.7 Å². The second-order valence-corrected chi connectivity index (χ2v) is 4.45. The van der Waals surface area contributed by atoms with Crippen LogP contribution in [0.15, 0.2) is 0 Å². The number of carbonyl (C=O) groups is 2. The SMILES string of the molecule is CN(CC(F)F)C(=O)[C@@H]1CCCC[C@@H]1C(=O)O. The quantitative estimate of drug-likeness (QED) is 0.823. The van der Waals surface area contributed by atoms with E-state index in [2.05, 4.69) is 0 Å². The zero-order chi connectivity index (χ0) is 13.0. The summed E-state index contributed by atoms with van der Waals surface area (Å²) >= 11 is 0. The highest BCUT2D eigenvalue weighted by atomic mass is 19.3. The lowest BCUT2D eigenvalue weighted by Gasteiger charge is -2.30. The fraction of sp³-hybridized carbons (Fsp3) is 0.818. The summed E-state index contributed by atoms with van der Waals surface area (Å²) in [6.07, 6.45) is -0.101. The Labute approximate surface area is 98.6 Å². The molecule has 1 amide bonds. The van der Waals surface area contributed by atoms with Gasteiger partial charge in [-0.3, -0.25) is 9.59 Å². The number of nitrogens with zero attached hydrogens (tertiary/aromatic N) is 1. The maximum absolute atomic E-state index is 12.2. The van der Waals surface area contributed by atoms with Gasteiger partial charge in [0.05, 0.1) is 18.4 Å². The molecule has 0 aliphatic heterocycles. The normalized spacial score (nSPS) is 24.7. The van der Waals surface area contributed by atoms with Crippen LogP contribution in [-0.4, -0.2) is 41.9 Å². The summed E-state index contributed by atoms with van der Waals surface area (Å²) < 4.78 is 24.3. The lowest BCUT2D eigenvalue weighted by Crippen LogP contribution is -2.42. The van der Waals surface area contributed by atoms with Crippen LogP contribution in [-0.2, 0) is 9.59 Å². The highest BCUT2D eigenvalue weighted by molar-refractivity contribution is 5.84. The number of carbonyl (C=O) groups excluding carboxylic acids is 1. The van der Waals surface area contributed by atoms with Crippen molar-refractivity contribution in [3.8, 4) is 0 Å². The summed E-state index contributed by atoms with van der Waals surface area (Å²) in [5.74, 6) is -2.85. The van der Waals surface area contributed by atoms with E-state index in [9.17, 15) is 18.4 Å². The number of carboxylic acids is 1. The predicted molar refractivity (Wildman–Crippen MR) is 56.7 cm³/mol. The fourth-order valence-electron chi connectivity index (χ4n) is 2.30. The Bertz CT molecular complexity index is 296. The molecule has 6 heteroatoms. The van der Waals surface area contributed by atoms with Gasteiger partial charge in [-0.1, -0.05) is 12.8 Å². The summed E-state index contributed by atoms with van der Waals surface area (Å²) in [6.45, 7) is -0.637. The van der Waals surface area contributed by atoms with Crippen molar-refractivity contribution >= 4 is 11.9 Å². The molecule has 0 aromatic rings. The van der Waals surface area contributed by atoms with Gasteiger partial charge in [-0.25, -0.2) is 8.78 Å². The molecule has 0 bridgehead atoms. The molecule has 1 aliphatic rings. The van der Waals surface area contributed by atoms with Crippen molar-refractivity contribution in [3.63, 3.8) is 0 Å². The summed E-state index contributed by atoms with van der Waals surface area (Å²) in [7, 11) is 1.29. The van der Waals surface area contributed by atoms with Crippen molar-refractivity contribution < 1.29 is 23.5 Å². The molecule has 0 aromatic carbocycles. The Balaban J connectivity index is 2.67. The number of amides is 1. The van der Waals surface area contributed by atoms with Crippen molar-refractivity contribution in [2.45, 2.75) is 32.1 Å². The molecule has 1 N–H and O–H groups in total. The first-order valence-electron chi connectivity index (χ1n) is 5.69. The average molecular weight is 249 g/mol. The molecule has 0 heterocycles. The van der Waals surface area contributed by atoms with E-state index in [0.29, 0.717) is 12.8 Å². The smallest absolute Gasteiger partial charge is 0.307 e. The van der Waals surface area contributed by atoms with Crippen molar-refractivity contribution in [3.05, 3.63) is 0 Å². The van der Waals surface area contributed by atoms with Crippen LogP contribution in [0, 0.1) is 11.8 Å². The zero-order valence-corrected chi connectivity index (χ0v) is 9.73. The molecule has 2 atom stereocenters. The number of halogens is 2. The first-order valence-corrected chi connectivity index (χ1v) is 5.69. The van der Waals surface area contributed by atoms with Gasteiger partial charge in [-0.2, -0.15) is 0 Å². The molecular formula is C11H17F2NO3. The van der Waals surface area contributed by atoms with Gasteiger partial charge in [0.1, 0.15) is 0 Å². The van der Waals surface area contributed by atoms with Crippen molar-refractivity contribution in [1.29, 1.82) is 0 Å². The highest BCUT2D eigenvalue weighted by Crippen LogP contribution is 2.31. The molecule has 1 saturated carbocycles. The van der Waals surface area contributed by atoms with E-state index in [0.717, 1.165) is 17.7 Å². The van der Waals surface area contributed by atoms with Gasteiger partial charge in [-0.05, 0) is 12.8 Å². The topological polar surface area (TPSA) is 57.6 Å². The third kappa shape index (κ3) is 3.64. The van der Waals surface area contributed by atoms with Crippen LogP contribution in [0.3, 0.4) is 0 Å². The van der Waals surface area contributed by atoms with Gasteiger partial charge in [0.15, 0.2) is 0 Å². The molecule has 0 aromatic heterocycles. The predicted octanol–water partition coefficient (Wildman–Crippen LogP) is 1.60. The Kier molecular flexibility index (Phi) is 4.84. The molecule has 4 nitrogen and oxygen atoms in total. The maximum Gasteiger partial charge on any atom is 0.307 e. The van der Waals surface area contributed by atoms with Gasteiger partial charge in [0, 0.05) is 7.05 Å². The molecule has 1 rings (SSSR count). The van der Waals surface area contributed by atoms with Crippen LogP contribution in [0.4, 0.5) is 8.78 Å². The van der Waals surface area contributed by atoms with Crippen LogP contribution < -0.4 is 0 Å². The Morgan fingerprint density at radius 2 is 1.82 bits per heavy atom. The van der Waals surface area contributed by atoms with Crippen molar-refractivity contribution in [2.24, 2.45) is 11.8 Å². The lowest BCUT2D eigenvalue weighted by molar-refractivity contribution is -0.152. The van der Waals surface area contributed by atoms with Crippen LogP contribution in [0.25, 0.3) is 0 Å². The van der Waals surface area contributed by atoms with Gasteiger partial charge in [0.2, 0.25) is 5.91 Å². The van der Waals surface area contributed by atoms with Crippen molar-refractivity contribution in [1.82, 2.24) is 4.90 Å². The fourth-order valence-corrected chi connectivity index (χ4v) is 2.30. The van der Waals surface area contributed by atoms with Gasteiger partial charge >= 0.3 is 5.97 Å². The molecule has 0 radical (unpaired) electrons. The molecule has 0 saturated heterocycles. The number of carboxylic acid groups (broad SMARTS) is 1. The van der Waals surface area contributed by atoms with Gasteiger partial charge < -0.3 is 10.0 Å². The minimum atomic E-state index is -2.59. The van der Waals surface area contributed by atoms with E-state index in [1.54, 1.807) is 0 Å². The Morgan fingerprint density at radius 3 is 2.29 bits per heavy atom. The Hall–Kier alpha value is -1.20. The third-order valence-electron chi connectivity index (χ3n) is 3.19. The number of aliphatic carboxylic acids is 1. The van der Waals surface area contributed by atoms with Crippen molar-refractivity contribution in [2.75, 3.05) is 13.6 Å². The third-order valence-corrected chi connectivity index (χ3v) is 3.19. The molecule has 98 valence electrons. The first kappa shape index (κ1) is 13.9. The maximum atomic E-state index is 12.2. The molecule has 17 heavy (non-hydrogen) atoms. The van der Waals surface area contributed by atoms with E-state index >= 15 is 0 Å². The molecule has 1 fully saturated rings. The summed E-state index contributed by atoms with van der Waals surface area (Å²) in [6, 6.07) is 0. The minimum Gasteiger partial charge on any atom is -0.481 e. The van der Waals surface area contributed by atoms with E-state index in [1.165, 1.54) is 7.05 Å².